The molecule has 0 radical (unpaired) electrons. The van der Waals surface area contributed by atoms with Gasteiger partial charge in [-0.05, 0) is 65.7 Å². The zero-order chi connectivity index (χ0) is 26.2. The summed E-state index contributed by atoms with van der Waals surface area (Å²) in [6, 6.07) is 24.9. The first-order chi connectivity index (χ1) is 17.9. The molecule has 0 bridgehead atoms. The Balaban J connectivity index is 1.44. The highest BCUT2D eigenvalue weighted by molar-refractivity contribution is 6.30. The van der Waals surface area contributed by atoms with Gasteiger partial charge >= 0.3 is 0 Å². The molecule has 4 aromatic carbocycles. The zero-order valence-corrected chi connectivity index (χ0v) is 21.2. The van der Waals surface area contributed by atoms with Crippen LogP contribution in [-0.2, 0) is 11.4 Å². The van der Waals surface area contributed by atoms with Crippen molar-refractivity contribution in [2.75, 3.05) is 7.11 Å². The van der Waals surface area contributed by atoms with Crippen LogP contribution >= 0.6 is 11.6 Å². The van der Waals surface area contributed by atoms with Gasteiger partial charge in [0.2, 0.25) is 0 Å². The van der Waals surface area contributed by atoms with E-state index >= 15 is 0 Å². The van der Waals surface area contributed by atoms with Gasteiger partial charge in [0.05, 0.1) is 13.3 Å². The van der Waals surface area contributed by atoms with E-state index in [1.165, 1.54) is 0 Å². The Hall–Kier alpha value is -4.36. The van der Waals surface area contributed by atoms with E-state index in [9.17, 15) is 9.59 Å². The fraction of sp³-hybridized carbons (Fsp3) is 0.138. The molecule has 37 heavy (non-hydrogen) atoms. The lowest BCUT2D eigenvalue weighted by atomic mass is 10.0. The smallest absolute Gasteiger partial charge is 0.262 e. The SMILES string of the molecule is COc1ccc(C(=O)NC(C)C(=O)NN=Cc2c(OCc3ccc(Cl)cc3)ccc3ccccc23)cc1. The number of benzene rings is 4. The molecule has 188 valence electrons. The third kappa shape index (κ3) is 6.65. The second-order valence-corrected chi connectivity index (χ2v) is 8.71. The number of ether oxygens (including phenoxy) is 2. The van der Waals surface area contributed by atoms with Crippen LogP contribution in [0.2, 0.25) is 5.02 Å². The molecule has 0 aliphatic rings. The molecule has 4 rings (SSSR count). The van der Waals surface area contributed by atoms with Gasteiger partial charge in [0, 0.05) is 16.1 Å². The summed E-state index contributed by atoms with van der Waals surface area (Å²) in [6.45, 7) is 1.93. The Bertz CT molecular complexity index is 1420. The minimum Gasteiger partial charge on any atom is -0.497 e. The number of rotatable bonds is 9. The van der Waals surface area contributed by atoms with Crippen LogP contribution in [-0.4, -0.2) is 31.2 Å². The van der Waals surface area contributed by atoms with Gasteiger partial charge in [-0.25, -0.2) is 5.43 Å². The number of nitrogens with one attached hydrogen (secondary N) is 2. The van der Waals surface area contributed by atoms with Gasteiger partial charge < -0.3 is 14.8 Å². The molecule has 0 saturated heterocycles. The van der Waals surface area contributed by atoms with E-state index in [2.05, 4.69) is 15.8 Å². The van der Waals surface area contributed by atoms with Gasteiger partial charge in [-0.15, -0.1) is 0 Å². The maximum atomic E-state index is 12.6. The van der Waals surface area contributed by atoms with Crippen molar-refractivity contribution in [3.63, 3.8) is 0 Å². The first-order valence-electron chi connectivity index (χ1n) is 11.6. The summed E-state index contributed by atoms with van der Waals surface area (Å²) in [5.74, 6) is 0.428. The Morgan fingerprint density at radius 2 is 1.70 bits per heavy atom. The predicted molar refractivity (Wildman–Crippen MR) is 145 cm³/mol. The number of amides is 2. The van der Waals surface area contributed by atoms with Crippen molar-refractivity contribution in [3.8, 4) is 11.5 Å². The quantitative estimate of drug-likeness (QED) is 0.232. The number of carbonyl (C=O) groups excluding carboxylic acids is 2. The minimum absolute atomic E-state index is 0.344. The number of methoxy groups -OCH3 is 1. The Morgan fingerprint density at radius 3 is 2.43 bits per heavy atom. The highest BCUT2D eigenvalue weighted by Gasteiger charge is 2.16. The molecule has 0 fully saturated rings. The molecule has 0 aliphatic carbocycles. The molecule has 0 heterocycles. The van der Waals surface area contributed by atoms with Crippen LogP contribution in [0.15, 0.2) is 90.0 Å². The van der Waals surface area contributed by atoms with Crippen molar-refractivity contribution in [1.82, 2.24) is 10.7 Å². The van der Waals surface area contributed by atoms with Crippen LogP contribution < -0.4 is 20.2 Å². The van der Waals surface area contributed by atoms with Gasteiger partial charge in [-0.2, -0.15) is 5.10 Å². The van der Waals surface area contributed by atoms with E-state index in [0.29, 0.717) is 28.7 Å². The lowest BCUT2D eigenvalue weighted by Gasteiger charge is -2.13. The molecule has 7 nitrogen and oxygen atoms in total. The summed E-state index contributed by atoms with van der Waals surface area (Å²) in [5, 5.41) is 9.41. The van der Waals surface area contributed by atoms with Gasteiger partial charge in [-0.3, -0.25) is 9.59 Å². The number of hydrazone groups is 1. The number of carbonyl (C=O) groups is 2. The second-order valence-electron chi connectivity index (χ2n) is 8.27. The Labute approximate surface area is 220 Å². The highest BCUT2D eigenvalue weighted by atomic mass is 35.5. The van der Waals surface area contributed by atoms with Crippen LogP contribution in [0.25, 0.3) is 10.8 Å². The molecular formula is C29H26ClN3O4. The molecular weight excluding hydrogens is 490 g/mol. The number of hydrogen-bond donors (Lipinski definition) is 2. The largest absolute Gasteiger partial charge is 0.497 e. The van der Waals surface area contributed by atoms with Crippen LogP contribution in [0.5, 0.6) is 11.5 Å². The van der Waals surface area contributed by atoms with Crippen molar-refractivity contribution in [2.24, 2.45) is 5.10 Å². The Kier molecular flexibility index (Phi) is 8.38. The average Bonchev–Trinajstić information content (AvgIpc) is 2.93. The van der Waals surface area contributed by atoms with Crippen molar-refractivity contribution in [3.05, 3.63) is 107 Å². The van der Waals surface area contributed by atoms with Crippen molar-refractivity contribution >= 4 is 40.4 Å². The van der Waals surface area contributed by atoms with E-state index in [4.69, 9.17) is 21.1 Å². The summed E-state index contributed by atoms with van der Waals surface area (Å²) >= 11 is 5.97. The fourth-order valence-electron chi connectivity index (χ4n) is 3.62. The maximum Gasteiger partial charge on any atom is 0.262 e. The standard InChI is InChI=1S/C29H26ClN3O4/c1-19(32-29(35)22-9-14-24(36-2)15-10-22)28(34)33-31-17-26-25-6-4-3-5-21(25)11-16-27(26)37-18-20-7-12-23(30)13-8-20/h3-17,19H,18H2,1-2H3,(H,32,35)(H,33,34). The summed E-state index contributed by atoms with van der Waals surface area (Å²) < 4.78 is 11.2. The molecule has 0 aliphatic heterocycles. The molecule has 1 atom stereocenters. The van der Waals surface area contributed by atoms with Gasteiger partial charge in [-0.1, -0.05) is 54.1 Å². The molecule has 0 aromatic heterocycles. The minimum atomic E-state index is -0.806. The molecule has 2 N–H and O–H groups in total. The van der Waals surface area contributed by atoms with Crippen LogP contribution in [0, 0.1) is 0 Å². The van der Waals surface area contributed by atoms with Gasteiger partial charge in [0.1, 0.15) is 24.1 Å². The summed E-state index contributed by atoms with van der Waals surface area (Å²) in [5.41, 5.74) is 4.61. The number of fused-ring (bicyclic) bond motifs is 1. The predicted octanol–water partition coefficient (Wildman–Crippen LogP) is 5.35. The summed E-state index contributed by atoms with van der Waals surface area (Å²) in [4.78, 5) is 25.0. The van der Waals surface area contributed by atoms with E-state index in [1.807, 2.05) is 60.7 Å². The second kappa shape index (κ2) is 12.1. The zero-order valence-electron chi connectivity index (χ0n) is 20.4. The maximum absolute atomic E-state index is 12.6. The van der Waals surface area contributed by atoms with Crippen LogP contribution in [0.3, 0.4) is 0 Å². The third-order valence-corrected chi connectivity index (χ3v) is 5.95. The first-order valence-corrected chi connectivity index (χ1v) is 12.0. The lowest BCUT2D eigenvalue weighted by molar-refractivity contribution is -0.122. The van der Waals surface area contributed by atoms with Crippen molar-refractivity contribution < 1.29 is 19.1 Å². The molecule has 0 spiro atoms. The fourth-order valence-corrected chi connectivity index (χ4v) is 3.75. The van der Waals surface area contributed by atoms with E-state index in [0.717, 1.165) is 21.9 Å². The van der Waals surface area contributed by atoms with Crippen molar-refractivity contribution in [1.29, 1.82) is 0 Å². The number of nitrogens with zero attached hydrogens (tertiary/aromatic N) is 1. The summed E-state index contributed by atoms with van der Waals surface area (Å²) in [7, 11) is 1.55. The van der Waals surface area contributed by atoms with Crippen molar-refractivity contribution in [2.45, 2.75) is 19.6 Å². The van der Waals surface area contributed by atoms with E-state index in [1.54, 1.807) is 44.5 Å². The first kappa shape index (κ1) is 25.7. The Morgan fingerprint density at radius 1 is 0.973 bits per heavy atom. The highest BCUT2D eigenvalue weighted by Crippen LogP contribution is 2.27. The molecule has 0 saturated carbocycles. The average molecular weight is 516 g/mol. The number of halogens is 1. The third-order valence-electron chi connectivity index (χ3n) is 5.70. The van der Waals surface area contributed by atoms with Crippen LogP contribution in [0.1, 0.15) is 28.4 Å². The van der Waals surface area contributed by atoms with E-state index in [-0.39, 0.29) is 5.91 Å². The summed E-state index contributed by atoms with van der Waals surface area (Å²) in [6.07, 6.45) is 1.55. The molecule has 8 heteroatoms. The van der Waals surface area contributed by atoms with Crippen LogP contribution in [0.4, 0.5) is 0 Å². The van der Waals surface area contributed by atoms with E-state index < -0.39 is 11.9 Å². The number of hydrogen-bond acceptors (Lipinski definition) is 5. The topological polar surface area (TPSA) is 89.0 Å². The lowest BCUT2D eigenvalue weighted by Crippen LogP contribution is -2.43. The molecule has 2 amide bonds. The van der Waals surface area contributed by atoms with Gasteiger partial charge in [0.15, 0.2) is 0 Å². The monoisotopic (exact) mass is 515 g/mol. The molecule has 4 aromatic rings. The van der Waals surface area contributed by atoms with Gasteiger partial charge in [0.25, 0.3) is 11.8 Å². The normalized spacial score (nSPS) is 11.8. The molecule has 1 unspecified atom stereocenters.